The molecular formula is C16H24N2O4. The molecule has 6 heteroatoms. The van der Waals surface area contributed by atoms with Crippen molar-refractivity contribution in [3.63, 3.8) is 0 Å². The highest BCUT2D eigenvalue weighted by atomic mass is 16.5. The van der Waals surface area contributed by atoms with Gasteiger partial charge in [-0.25, -0.2) is 0 Å². The first-order valence-electron chi connectivity index (χ1n) is 7.39. The molecule has 6 nitrogen and oxygen atoms in total. The minimum atomic E-state index is -0.478. The average Bonchev–Trinajstić information content (AvgIpc) is 2.54. The predicted octanol–water partition coefficient (Wildman–Crippen LogP) is 1.73. The van der Waals surface area contributed by atoms with Crippen LogP contribution < -0.4 is 5.32 Å². The molecule has 0 heterocycles. The highest BCUT2D eigenvalue weighted by Gasteiger charge is 2.17. The number of carbonyl (C=O) groups excluding carboxylic acids is 2. The van der Waals surface area contributed by atoms with E-state index in [-0.39, 0.29) is 24.9 Å². The molecule has 0 fully saturated rings. The summed E-state index contributed by atoms with van der Waals surface area (Å²) in [5.41, 5.74) is 1.01. The maximum atomic E-state index is 11.6. The summed E-state index contributed by atoms with van der Waals surface area (Å²) in [6.07, 6.45) is 1.50. The summed E-state index contributed by atoms with van der Waals surface area (Å²) >= 11 is 0. The van der Waals surface area contributed by atoms with Gasteiger partial charge in [0.25, 0.3) is 0 Å². The van der Waals surface area contributed by atoms with Gasteiger partial charge >= 0.3 is 5.97 Å². The fourth-order valence-electron chi connectivity index (χ4n) is 2.09. The van der Waals surface area contributed by atoms with Crippen LogP contribution in [0.4, 0.5) is 0 Å². The van der Waals surface area contributed by atoms with Crippen molar-refractivity contribution >= 4 is 11.9 Å². The zero-order valence-electron chi connectivity index (χ0n) is 13.1. The molecule has 1 atom stereocenters. The molecule has 1 aromatic carbocycles. The first kappa shape index (κ1) is 18.1. The van der Waals surface area contributed by atoms with Gasteiger partial charge in [-0.3, -0.25) is 9.59 Å². The van der Waals surface area contributed by atoms with Gasteiger partial charge in [-0.05, 0) is 18.4 Å². The van der Waals surface area contributed by atoms with Gasteiger partial charge in [-0.15, -0.1) is 0 Å². The summed E-state index contributed by atoms with van der Waals surface area (Å²) in [4.78, 5) is 22.6. The number of carbonyl (C=O) groups is 2. The number of methoxy groups -OCH3 is 1. The highest BCUT2D eigenvalue weighted by molar-refractivity contribution is 5.81. The van der Waals surface area contributed by atoms with Crippen LogP contribution in [0, 0.1) is 0 Å². The van der Waals surface area contributed by atoms with E-state index in [1.165, 1.54) is 12.2 Å². The molecule has 0 aliphatic heterocycles. The van der Waals surface area contributed by atoms with Crippen molar-refractivity contribution in [1.82, 2.24) is 10.4 Å². The quantitative estimate of drug-likeness (QED) is 0.536. The van der Waals surface area contributed by atoms with Crippen LogP contribution in [-0.4, -0.2) is 41.8 Å². The number of hydrogen-bond acceptors (Lipinski definition) is 5. The lowest BCUT2D eigenvalue weighted by molar-refractivity contribution is -0.143. The summed E-state index contributed by atoms with van der Waals surface area (Å²) in [5, 5.41) is 13.9. The Morgan fingerprint density at radius 1 is 1.32 bits per heavy atom. The first-order chi connectivity index (χ1) is 10.6. The van der Waals surface area contributed by atoms with E-state index in [1.807, 2.05) is 37.3 Å². The van der Waals surface area contributed by atoms with Crippen LogP contribution in [0.5, 0.6) is 0 Å². The summed E-state index contributed by atoms with van der Waals surface area (Å²) in [6.45, 7) is 2.26. The van der Waals surface area contributed by atoms with Gasteiger partial charge in [0.05, 0.1) is 7.11 Å². The van der Waals surface area contributed by atoms with Crippen molar-refractivity contribution in [1.29, 1.82) is 0 Å². The van der Waals surface area contributed by atoms with Gasteiger partial charge in [-0.2, -0.15) is 5.06 Å². The fourth-order valence-corrected chi connectivity index (χ4v) is 2.09. The minimum Gasteiger partial charge on any atom is -0.468 e. The molecule has 0 aromatic heterocycles. The molecule has 1 aromatic rings. The maximum Gasteiger partial charge on any atom is 0.325 e. The van der Waals surface area contributed by atoms with Gasteiger partial charge in [-0.1, -0.05) is 37.3 Å². The fraction of sp³-hybridized carbons (Fsp3) is 0.500. The number of hydroxylamine groups is 2. The summed E-state index contributed by atoms with van der Waals surface area (Å²) in [5.74, 6) is -0.704. The largest absolute Gasteiger partial charge is 0.468 e. The van der Waals surface area contributed by atoms with Crippen molar-refractivity contribution in [3.8, 4) is 0 Å². The molecule has 2 N–H and O–H groups in total. The van der Waals surface area contributed by atoms with Gasteiger partial charge in [0.1, 0.15) is 6.54 Å². The second kappa shape index (κ2) is 9.92. The second-order valence-electron chi connectivity index (χ2n) is 5.04. The molecule has 0 aliphatic carbocycles. The Balaban J connectivity index is 2.37. The molecule has 0 saturated heterocycles. The summed E-state index contributed by atoms with van der Waals surface area (Å²) in [6, 6.07) is 9.55. The van der Waals surface area contributed by atoms with Crippen molar-refractivity contribution in [3.05, 3.63) is 35.9 Å². The van der Waals surface area contributed by atoms with Crippen molar-refractivity contribution in [2.24, 2.45) is 0 Å². The van der Waals surface area contributed by atoms with E-state index in [0.717, 1.165) is 12.0 Å². The van der Waals surface area contributed by atoms with Crippen molar-refractivity contribution in [2.45, 2.75) is 38.8 Å². The number of benzene rings is 1. The molecule has 22 heavy (non-hydrogen) atoms. The Labute approximate surface area is 131 Å². The topological polar surface area (TPSA) is 78.9 Å². The molecule has 1 unspecified atom stereocenters. The van der Waals surface area contributed by atoms with E-state index in [1.54, 1.807) is 0 Å². The van der Waals surface area contributed by atoms with Crippen LogP contribution in [-0.2, 0) is 20.9 Å². The first-order valence-corrected chi connectivity index (χ1v) is 7.39. The third-order valence-corrected chi connectivity index (χ3v) is 3.44. The lowest BCUT2D eigenvalue weighted by atomic mass is 10.1. The highest BCUT2D eigenvalue weighted by Crippen LogP contribution is 2.13. The third-order valence-electron chi connectivity index (χ3n) is 3.44. The lowest BCUT2D eigenvalue weighted by Gasteiger charge is -2.25. The maximum absolute atomic E-state index is 11.6. The zero-order chi connectivity index (χ0) is 16.4. The zero-order valence-corrected chi connectivity index (χ0v) is 13.1. The van der Waals surface area contributed by atoms with E-state index in [4.69, 9.17) is 0 Å². The summed E-state index contributed by atoms with van der Waals surface area (Å²) in [7, 11) is 1.27. The van der Waals surface area contributed by atoms with E-state index in [2.05, 4.69) is 10.1 Å². The molecule has 1 rings (SSSR count). The van der Waals surface area contributed by atoms with Crippen molar-refractivity contribution in [2.75, 3.05) is 13.7 Å². The van der Waals surface area contributed by atoms with E-state index >= 15 is 0 Å². The minimum absolute atomic E-state index is 0.107. The van der Waals surface area contributed by atoms with Gasteiger partial charge < -0.3 is 15.3 Å². The van der Waals surface area contributed by atoms with Crippen LogP contribution in [0.15, 0.2) is 30.3 Å². The molecule has 0 spiro atoms. The number of rotatable bonds is 9. The Hall–Kier alpha value is -1.92. The van der Waals surface area contributed by atoms with Gasteiger partial charge in [0.2, 0.25) is 5.91 Å². The van der Waals surface area contributed by atoms with E-state index in [0.29, 0.717) is 13.0 Å². The number of nitrogens with one attached hydrogen (secondary N) is 1. The number of nitrogens with zero attached hydrogens (tertiary/aromatic N) is 1. The van der Waals surface area contributed by atoms with E-state index < -0.39 is 5.97 Å². The standard InChI is InChI=1S/C16H24N2O4/c1-3-14(9-10-15(19)17-11-16(20)22-2)18(21)12-13-7-5-4-6-8-13/h4-8,14,21H,3,9-12H2,1-2H3,(H,17,19). The number of amides is 1. The van der Waals surface area contributed by atoms with Crippen LogP contribution in [0.25, 0.3) is 0 Å². The van der Waals surface area contributed by atoms with Crippen LogP contribution in [0.1, 0.15) is 31.7 Å². The molecule has 0 saturated carbocycles. The molecule has 122 valence electrons. The molecule has 0 bridgehead atoms. The number of ether oxygens (including phenoxy) is 1. The van der Waals surface area contributed by atoms with E-state index in [9.17, 15) is 14.8 Å². The average molecular weight is 308 g/mol. The Bertz CT molecular complexity index is 464. The second-order valence-corrected chi connectivity index (χ2v) is 5.04. The van der Waals surface area contributed by atoms with Crippen LogP contribution >= 0.6 is 0 Å². The Kier molecular flexibility index (Phi) is 8.17. The smallest absolute Gasteiger partial charge is 0.325 e. The Morgan fingerprint density at radius 2 is 2.00 bits per heavy atom. The lowest BCUT2D eigenvalue weighted by Crippen LogP contribution is -2.34. The van der Waals surface area contributed by atoms with Gasteiger partial charge in [0, 0.05) is 19.0 Å². The van der Waals surface area contributed by atoms with Gasteiger partial charge in [0.15, 0.2) is 0 Å². The molecule has 1 amide bonds. The summed E-state index contributed by atoms with van der Waals surface area (Å²) < 4.78 is 4.45. The third kappa shape index (κ3) is 6.69. The monoisotopic (exact) mass is 308 g/mol. The molecular weight excluding hydrogens is 284 g/mol. The molecule has 0 aliphatic rings. The number of hydrogen-bond donors (Lipinski definition) is 2. The van der Waals surface area contributed by atoms with Crippen LogP contribution in [0.2, 0.25) is 0 Å². The van der Waals surface area contributed by atoms with Crippen LogP contribution in [0.3, 0.4) is 0 Å². The normalized spacial score (nSPS) is 12.0. The SMILES string of the molecule is CCC(CCC(=O)NCC(=O)OC)N(O)Cc1ccccc1. The number of esters is 1. The Morgan fingerprint density at radius 3 is 2.59 bits per heavy atom. The van der Waals surface area contributed by atoms with Crippen molar-refractivity contribution < 1.29 is 19.5 Å². The molecule has 0 radical (unpaired) electrons. The predicted molar refractivity (Wildman–Crippen MR) is 82.1 cm³/mol.